The molecule has 1 unspecified atom stereocenters. The third kappa shape index (κ3) is 5.34. The van der Waals surface area contributed by atoms with Gasteiger partial charge in [0, 0.05) is 24.6 Å². The second kappa shape index (κ2) is 9.04. The summed E-state index contributed by atoms with van der Waals surface area (Å²) < 4.78 is 5.91. The zero-order valence-corrected chi connectivity index (χ0v) is 14.7. The monoisotopic (exact) mass is 352 g/mol. The molecule has 1 heterocycles. The molecule has 1 atom stereocenters. The Balaban J connectivity index is 1.57. The third-order valence-corrected chi connectivity index (χ3v) is 4.46. The lowest BCUT2D eigenvalue weighted by Gasteiger charge is -2.16. The van der Waals surface area contributed by atoms with Gasteiger partial charge in [-0.25, -0.2) is 0 Å². The summed E-state index contributed by atoms with van der Waals surface area (Å²) in [6, 6.07) is 17.6. The highest BCUT2D eigenvalue weighted by Gasteiger charge is 2.18. The Morgan fingerprint density at radius 2 is 1.85 bits per heavy atom. The van der Waals surface area contributed by atoms with Gasteiger partial charge >= 0.3 is 0 Å². The summed E-state index contributed by atoms with van der Waals surface area (Å²) in [6.45, 7) is 1.08. The Bertz CT molecular complexity index is 746. The molecule has 0 spiro atoms. The summed E-state index contributed by atoms with van der Waals surface area (Å²) in [4.78, 5) is 23.8. The quantitative estimate of drug-likeness (QED) is 0.840. The van der Waals surface area contributed by atoms with Gasteiger partial charge in [0.15, 0.2) is 0 Å². The van der Waals surface area contributed by atoms with Crippen molar-refractivity contribution in [3.05, 3.63) is 65.7 Å². The van der Waals surface area contributed by atoms with Gasteiger partial charge in [0.1, 0.15) is 12.4 Å². The van der Waals surface area contributed by atoms with Crippen molar-refractivity contribution in [1.82, 2.24) is 10.6 Å². The Morgan fingerprint density at radius 1 is 1.08 bits per heavy atom. The highest BCUT2D eigenvalue weighted by atomic mass is 16.5. The highest BCUT2D eigenvalue weighted by Crippen LogP contribution is 2.20. The van der Waals surface area contributed by atoms with E-state index in [1.165, 1.54) is 0 Å². The van der Waals surface area contributed by atoms with Crippen LogP contribution in [-0.2, 0) is 22.6 Å². The van der Waals surface area contributed by atoms with Gasteiger partial charge in [-0.2, -0.15) is 0 Å². The van der Waals surface area contributed by atoms with Crippen LogP contribution in [-0.4, -0.2) is 24.4 Å². The fourth-order valence-corrected chi connectivity index (χ4v) is 3.05. The molecule has 3 rings (SSSR count). The molecule has 2 N–H and O–H groups in total. The molecule has 2 aromatic rings. The largest absolute Gasteiger partial charge is 0.489 e. The van der Waals surface area contributed by atoms with Crippen LogP contribution in [0, 0.1) is 0 Å². The molecule has 1 saturated heterocycles. The van der Waals surface area contributed by atoms with Gasteiger partial charge in [-0.15, -0.1) is 0 Å². The van der Waals surface area contributed by atoms with E-state index in [0.29, 0.717) is 26.0 Å². The van der Waals surface area contributed by atoms with Crippen LogP contribution in [0.3, 0.4) is 0 Å². The van der Waals surface area contributed by atoms with Crippen molar-refractivity contribution in [2.24, 2.45) is 0 Å². The molecule has 26 heavy (non-hydrogen) atoms. The number of hydrogen-bond donors (Lipinski definition) is 2. The maximum Gasteiger partial charge on any atom is 0.224 e. The van der Waals surface area contributed by atoms with E-state index in [-0.39, 0.29) is 24.3 Å². The fourth-order valence-electron chi connectivity index (χ4n) is 3.05. The molecule has 5 nitrogen and oxygen atoms in total. The number of nitrogens with one attached hydrogen (secondary N) is 2. The van der Waals surface area contributed by atoms with Crippen LogP contribution in [0.15, 0.2) is 54.6 Å². The smallest absolute Gasteiger partial charge is 0.224 e. The Kier molecular flexibility index (Phi) is 6.25. The van der Waals surface area contributed by atoms with Crippen molar-refractivity contribution >= 4 is 11.8 Å². The van der Waals surface area contributed by atoms with E-state index >= 15 is 0 Å². The molecule has 2 aromatic carbocycles. The minimum Gasteiger partial charge on any atom is -0.489 e. The average Bonchev–Trinajstić information content (AvgIpc) is 2.86. The lowest BCUT2D eigenvalue weighted by Crippen LogP contribution is -2.36. The second-order valence-corrected chi connectivity index (χ2v) is 6.50. The molecule has 0 saturated carbocycles. The first-order valence-electron chi connectivity index (χ1n) is 9.01. The molecule has 0 bridgehead atoms. The van der Waals surface area contributed by atoms with Crippen molar-refractivity contribution in [3.63, 3.8) is 0 Å². The van der Waals surface area contributed by atoms with Gasteiger partial charge in [0.2, 0.25) is 11.8 Å². The summed E-state index contributed by atoms with van der Waals surface area (Å²) in [5.41, 5.74) is 1.95. The van der Waals surface area contributed by atoms with Gasteiger partial charge in [-0.1, -0.05) is 48.5 Å². The van der Waals surface area contributed by atoms with E-state index in [0.717, 1.165) is 23.3 Å². The lowest BCUT2D eigenvalue weighted by molar-refractivity contribution is -0.122. The van der Waals surface area contributed by atoms with Crippen molar-refractivity contribution in [2.45, 2.75) is 38.3 Å². The topological polar surface area (TPSA) is 67.4 Å². The molecular weight excluding hydrogens is 328 g/mol. The number of ether oxygens (including phenoxy) is 1. The molecule has 1 aliphatic heterocycles. The fraction of sp³-hybridized carbons (Fsp3) is 0.333. The van der Waals surface area contributed by atoms with Gasteiger partial charge < -0.3 is 15.4 Å². The molecule has 0 radical (unpaired) electrons. The van der Waals surface area contributed by atoms with Crippen LogP contribution in [0.1, 0.15) is 30.4 Å². The van der Waals surface area contributed by atoms with Crippen LogP contribution >= 0.6 is 0 Å². The Hall–Kier alpha value is -2.82. The van der Waals surface area contributed by atoms with E-state index in [9.17, 15) is 9.59 Å². The van der Waals surface area contributed by atoms with Gasteiger partial charge in [0.05, 0.1) is 6.42 Å². The lowest BCUT2D eigenvalue weighted by atomic mass is 10.1. The zero-order valence-electron chi connectivity index (χ0n) is 14.7. The van der Waals surface area contributed by atoms with Crippen molar-refractivity contribution < 1.29 is 14.3 Å². The normalized spacial score (nSPS) is 17.1. The molecule has 136 valence electrons. The maximum absolute atomic E-state index is 12.4. The summed E-state index contributed by atoms with van der Waals surface area (Å²) >= 11 is 0. The summed E-state index contributed by atoms with van der Waals surface area (Å²) in [5.74, 6) is 0.741. The molecular formula is C21H24N2O3. The highest BCUT2D eigenvalue weighted by molar-refractivity contribution is 5.80. The van der Waals surface area contributed by atoms with Crippen LogP contribution < -0.4 is 15.4 Å². The van der Waals surface area contributed by atoms with Crippen molar-refractivity contribution in [3.8, 4) is 5.75 Å². The molecule has 1 aliphatic rings. The van der Waals surface area contributed by atoms with Gasteiger partial charge in [-0.3, -0.25) is 9.59 Å². The van der Waals surface area contributed by atoms with E-state index in [4.69, 9.17) is 4.74 Å². The van der Waals surface area contributed by atoms with Crippen molar-refractivity contribution in [2.75, 3.05) is 6.54 Å². The maximum atomic E-state index is 12.4. The van der Waals surface area contributed by atoms with Crippen LogP contribution in [0.4, 0.5) is 0 Å². The number of benzene rings is 2. The minimum absolute atomic E-state index is 0.0406. The Morgan fingerprint density at radius 3 is 2.69 bits per heavy atom. The SMILES string of the molecule is O=C1CCC(NC(=O)Cc2ccccc2OCc2ccccc2)CCN1. The number of carbonyl (C=O) groups excluding carboxylic acids is 2. The van der Waals surface area contributed by atoms with Crippen LogP contribution in [0.25, 0.3) is 0 Å². The van der Waals surface area contributed by atoms with Crippen LogP contribution in [0.2, 0.25) is 0 Å². The summed E-state index contributed by atoms with van der Waals surface area (Å²) in [5, 5.41) is 5.87. The van der Waals surface area contributed by atoms with E-state index in [1.54, 1.807) is 0 Å². The molecule has 1 fully saturated rings. The predicted octanol–water partition coefficient (Wildman–Crippen LogP) is 2.59. The minimum atomic E-state index is -0.0416. The molecule has 0 aromatic heterocycles. The van der Waals surface area contributed by atoms with Gasteiger partial charge in [0.25, 0.3) is 0 Å². The van der Waals surface area contributed by atoms with E-state index in [1.807, 2.05) is 54.6 Å². The number of para-hydroxylation sites is 1. The van der Waals surface area contributed by atoms with E-state index in [2.05, 4.69) is 10.6 Å². The van der Waals surface area contributed by atoms with Crippen LogP contribution in [0.5, 0.6) is 5.75 Å². The van der Waals surface area contributed by atoms with Crippen molar-refractivity contribution in [1.29, 1.82) is 0 Å². The third-order valence-electron chi connectivity index (χ3n) is 4.46. The number of hydrogen-bond acceptors (Lipinski definition) is 3. The molecule has 5 heteroatoms. The number of rotatable bonds is 6. The molecule has 2 amide bonds. The zero-order chi connectivity index (χ0) is 18.2. The first kappa shape index (κ1) is 18.0. The van der Waals surface area contributed by atoms with Gasteiger partial charge in [-0.05, 0) is 24.5 Å². The standard InChI is InChI=1S/C21H24N2O3/c24-20-11-10-18(12-13-22-20)23-21(25)14-17-8-4-5-9-19(17)26-15-16-6-2-1-3-7-16/h1-9,18H,10-15H2,(H,22,24)(H,23,25). The average molecular weight is 352 g/mol. The number of carbonyl (C=O) groups is 2. The predicted molar refractivity (Wildman–Crippen MR) is 99.7 cm³/mol. The first-order chi connectivity index (χ1) is 12.7. The van der Waals surface area contributed by atoms with E-state index < -0.39 is 0 Å². The second-order valence-electron chi connectivity index (χ2n) is 6.50. The summed E-state index contributed by atoms with van der Waals surface area (Å²) in [6.07, 6.45) is 2.18. The molecule has 0 aliphatic carbocycles. The Labute approximate surface area is 153 Å². The number of amides is 2. The first-order valence-corrected chi connectivity index (χ1v) is 9.01. The summed E-state index contributed by atoms with van der Waals surface area (Å²) in [7, 11) is 0.